The van der Waals surface area contributed by atoms with Gasteiger partial charge in [0.15, 0.2) is 5.75 Å². The fraction of sp³-hybridized carbons (Fsp3) is 0.375. The van der Waals surface area contributed by atoms with Crippen LogP contribution >= 0.6 is 11.8 Å². The lowest BCUT2D eigenvalue weighted by Gasteiger charge is -2.05. The minimum atomic E-state index is -0.215. The second kappa shape index (κ2) is 7.31. The zero-order chi connectivity index (χ0) is 15.2. The van der Waals surface area contributed by atoms with Crippen LogP contribution in [0.5, 0.6) is 5.75 Å². The molecule has 1 aromatic carbocycles. The van der Waals surface area contributed by atoms with E-state index in [2.05, 4.69) is 17.2 Å². The number of carbonyl (C=O) groups excluding carboxylic acids is 1. The van der Waals surface area contributed by atoms with Crippen LogP contribution in [0.3, 0.4) is 0 Å². The lowest BCUT2D eigenvalue weighted by atomic mass is 10.2. The number of aromatic nitrogens is 2. The average molecular weight is 304 g/mol. The Morgan fingerprint density at radius 2 is 2.00 bits per heavy atom. The summed E-state index contributed by atoms with van der Waals surface area (Å²) in [5.41, 5.74) is 2.91. The van der Waals surface area contributed by atoms with Crippen molar-refractivity contribution in [2.45, 2.75) is 20.3 Å². The third kappa shape index (κ3) is 4.36. The Labute approximate surface area is 129 Å². The van der Waals surface area contributed by atoms with Gasteiger partial charge in [-0.25, -0.2) is 0 Å². The van der Waals surface area contributed by atoms with Gasteiger partial charge < -0.3 is 4.74 Å². The van der Waals surface area contributed by atoms with Gasteiger partial charge in [0, 0.05) is 7.05 Å². The van der Waals surface area contributed by atoms with Crippen molar-refractivity contribution in [2.24, 2.45) is 7.05 Å². The van der Waals surface area contributed by atoms with Crippen molar-refractivity contribution >= 4 is 17.7 Å². The third-order valence-corrected chi connectivity index (χ3v) is 4.19. The van der Waals surface area contributed by atoms with Crippen molar-refractivity contribution in [2.75, 3.05) is 11.5 Å². The highest BCUT2D eigenvalue weighted by atomic mass is 32.2. The van der Waals surface area contributed by atoms with Gasteiger partial charge in [0.1, 0.15) is 5.69 Å². The Bertz CT molecular complexity index is 608. The van der Waals surface area contributed by atoms with Gasteiger partial charge in [-0.15, -0.1) is 11.8 Å². The monoisotopic (exact) mass is 304 g/mol. The molecule has 0 N–H and O–H groups in total. The summed E-state index contributed by atoms with van der Waals surface area (Å²) in [6, 6.07) is 10.3. The first-order valence-corrected chi connectivity index (χ1v) is 8.06. The molecule has 0 saturated carbocycles. The standard InChI is InChI=1S/C16H20N2O2S/c1-12-16(13(2)18(3)17-12)20-15(19)11-21-10-9-14-7-5-4-6-8-14/h4-8H,9-11H2,1-3H3. The molecule has 0 spiro atoms. The number of carbonyl (C=O) groups is 1. The highest BCUT2D eigenvalue weighted by Gasteiger charge is 2.14. The molecule has 0 unspecified atom stereocenters. The van der Waals surface area contributed by atoms with Gasteiger partial charge >= 0.3 is 5.97 Å². The maximum Gasteiger partial charge on any atom is 0.321 e. The molecule has 1 aromatic heterocycles. The van der Waals surface area contributed by atoms with E-state index in [0.29, 0.717) is 11.5 Å². The predicted molar refractivity (Wildman–Crippen MR) is 85.8 cm³/mol. The number of rotatable bonds is 6. The normalized spacial score (nSPS) is 10.6. The van der Waals surface area contributed by atoms with Gasteiger partial charge in [-0.2, -0.15) is 5.10 Å². The SMILES string of the molecule is Cc1nn(C)c(C)c1OC(=O)CSCCc1ccccc1. The van der Waals surface area contributed by atoms with Gasteiger partial charge in [-0.05, 0) is 31.6 Å². The highest BCUT2D eigenvalue weighted by molar-refractivity contribution is 7.99. The zero-order valence-corrected chi connectivity index (χ0v) is 13.4. The fourth-order valence-corrected chi connectivity index (χ4v) is 2.79. The van der Waals surface area contributed by atoms with E-state index in [4.69, 9.17) is 4.74 Å². The van der Waals surface area contributed by atoms with Crippen LogP contribution in [0.25, 0.3) is 0 Å². The summed E-state index contributed by atoms with van der Waals surface area (Å²) in [7, 11) is 1.84. The summed E-state index contributed by atoms with van der Waals surface area (Å²) in [4.78, 5) is 11.9. The number of aryl methyl sites for hydroxylation is 3. The molecule has 0 radical (unpaired) electrons. The third-order valence-electron chi connectivity index (χ3n) is 3.26. The number of thioether (sulfide) groups is 1. The molecule has 0 aliphatic rings. The van der Waals surface area contributed by atoms with Crippen LogP contribution in [-0.4, -0.2) is 27.3 Å². The van der Waals surface area contributed by atoms with Crippen molar-refractivity contribution in [1.29, 1.82) is 0 Å². The largest absolute Gasteiger partial charge is 0.422 e. The van der Waals surface area contributed by atoms with Gasteiger partial charge in [-0.3, -0.25) is 9.48 Å². The molecule has 21 heavy (non-hydrogen) atoms. The van der Waals surface area contributed by atoms with Crippen molar-refractivity contribution in [1.82, 2.24) is 9.78 Å². The van der Waals surface area contributed by atoms with E-state index in [1.807, 2.05) is 39.1 Å². The lowest BCUT2D eigenvalue weighted by Crippen LogP contribution is -2.12. The molecular formula is C16H20N2O2S. The van der Waals surface area contributed by atoms with Crippen LogP contribution in [0.1, 0.15) is 17.0 Å². The molecule has 1 heterocycles. The van der Waals surface area contributed by atoms with Crippen molar-refractivity contribution in [3.63, 3.8) is 0 Å². The molecule has 5 heteroatoms. The Balaban J connectivity index is 1.75. The van der Waals surface area contributed by atoms with Crippen LogP contribution in [0, 0.1) is 13.8 Å². The second-order valence-corrected chi connectivity index (χ2v) is 5.99. The summed E-state index contributed by atoms with van der Waals surface area (Å²) in [5, 5.41) is 4.23. The average Bonchev–Trinajstić information content (AvgIpc) is 2.71. The summed E-state index contributed by atoms with van der Waals surface area (Å²) in [5.74, 6) is 1.64. The zero-order valence-electron chi connectivity index (χ0n) is 12.6. The van der Waals surface area contributed by atoms with Gasteiger partial charge in [0.25, 0.3) is 0 Å². The molecule has 0 aliphatic carbocycles. The molecule has 2 rings (SSSR count). The molecule has 0 bridgehead atoms. The number of esters is 1. The Morgan fingerprint density at radius 3 is 2.62 bits per heavy atom. The van der Waals surface area contributed by atoms with Crippen LogP contribution in [-0.2, 0) is 18.3 Å². The molecule has 0 amide bonds. The minimum Gasteiger partial charge on any atom is -0.422 e. The molecule has 2 aromatic rings. The van der Waals surface area contributed by atoms with E-state index in [9.17, 15) is 4.79 Å². The summed E-state index contributed by atoms with van der Waals surface area (Å²) >= 11 is 1.59. The van der Waals surface area contributed by atoms with Crippen molar-refractivity contribution in [3.05, 3.63) is 47.3 Å². The van der Waals surface area contributed by atoms with Crippen molar-refractivity contribution in [3.8, 4) is 5.75 Å². The molecule has 0 saturated heterocycles. The fourth-order valence-electron chi connectivity index (χ4n) is 2.04. The topological polar surface area (TPSA) is 44.1 Å². The van der Waals surface area contributed by atoms with Gasteiger partial charge in [0.05, 0.1) is 11.4 Å². The van der Waals surface area contributed by atoms with E-state index in [1.165, 1.54) is 5.56 Å². The molecule has 4 nitrogen and oxygen atoms in total. The van der Waals surface area contributed by atoms with E-state index in [-0.39, 0.29) is 5.97 Å². The van der Waals surface area contributed by atoms with E-state index < -0.39 is 0 Å². The van der Waals surface area contributed by atoms with Crippen LogP contribution < -0.4 is 4.74 Å². The second-order valence-electron chi connectivity index (χ2n) is 4.89. The first-order chi connectivity index (χ1) is 10.1. The number of nitrogens with zero attached hydrogens (tertiary/aromatic N) is 2. The van der Waals surface area contributed by atoms with Crippen molar-refractivity contribution < 1.29 is 9.53 Å². The van der Waals surface area contributed by atoms with E-state index in [1.54, 1.807) is 16.4 Å². The Morgan fingerprint density at radius 1 is 1.29 bits per heavy atom. The predicted octanol–water partition coefficient (Wildman–Crippen LogP) is 2.92. The summed E-state index contributed by atoms with van der Waals surface area (Å²) in [6.07, 6.45) is 0.962. The number of hydrogen-bond acceptors (Lipinski definition) is 4. The first kappa shape index (κ1) is 15.6. The molecule has 112 valence electrons. The smallest absolute Gasteiger partial charge is 0.321 e. The number of hydrogen-bond donors (Lipinski definition) is 0. The highest BCUT2D eigenvalue weighted by Crippen LogP contribution is 2.22. The number of benzene rings is 1. The van der Waals surface area contributed by atoms with E-state index in [0.717, 1.165) is 23.6 Å². The van der Waals surface area contributed by atoms with Crippen LogP contribution in [0.2, 0.25) is 0 Å². The lowest BCUT2D eigenvalue weighted by molar-refractivity contribution is -0.131. The number of ether oxygens (including phenoxy) is 1. The maximum atomic E-state index is 11.9. The Kier molecular flexibility index (Phi) is 5.44. The maximum absolute atomic E-state index is 11.9. The summed E-state index contributed by atoms with van der Waals surface area (Å²) in [6.45, 7) is 3.74. The Hall–Kier alpha value is -1.75. The molecule has 0 fully saturated rings. The van der Waals surface area contributed by atoms with Gasteiger partial charge in [0.2, 0.25) is 0 Å². The van der Waals surface area contributed by atoms with E-state index >= 15 is 0 Å². The molecular weight excluding hydrogens is 284 g/mol. The molecule has 0 atom stereocenters. The molecule has 0 aliphatic heterocycles. The minimum absolute atomic E-state index is 0.215. The summed E-state index contributed by atoms with van der Waals surface area (Å²) < 4.78 is 7.13. The van der Waals surface area contributed by atoms with Crippen LogP contribution in [0.15, 0.2) is 30.3 Å². The van der Waals surface area contributed by atoms with Crippen LogP contribution in [0.4, 0.5) is 0 Å². The quantitative estimate of drug-likeness (QED) is 0.608. The van der Waals surface area contributed by atoms with Gasteiger partial charge in [-0.1, -0.05) is 30.3 Å². The first-order valence-electron chi connectivity index (χ1n) is 6.90.